The van der Waals surface area contributed by atoms with Crippen LogP contribution < -0.4 is 5.56 Å². The first-order valence-corrected chi connectivity index (χ1v) is 8.51. The van der Waals surface area contributed by atoms with E-state index in [1.807, 2.05) is 0 Å². The van der Waals surface area contributed by atoms with E-state index in [1.165, 1.54) is 5.56 Å². The van der Waals surface area contributed by atoms with E-state index in [4.69, 9.17) is 4.98 Å². The first-order chi connectivity index (χ1) is 10.0. The molecule has 21 heavy (non-hydrogen) atoms. The molecule has 3 rings (SSSR count). The molecular weight excluding hydrogens is 375 g/mol. The zero-order valence-corrected chi connectivity index (χ0v) is 14.5. The molecule has 0 saturated heterocycles. The molecule has 1 N–H and O–H groups in total. The van der Waals surface area contributed by atoms with Crippen molar-refractivity contribution in [2.45, 2.75) is 39.0 Å². The average molecular weight is 394 g/mol. The highest BCUT2D eigenvalue weighted by Gasteiger charge is 2.28. The van der Waals surface area contributed by atoms with Gasteiger partial charge < -0.3 is 4.98 Å². The maximum atomic E-state index is 12.1. The van der Waals surface area contributed by atoms with Gasteiger partial charge in [-0.25, -0.2) is 4.98 Å². The third-order valence-corrected chi connectivity index (χ3v) is 4.77. The number of hydrogen-bond donors (Lipinski definition) is 1. The lowest BCUT2D eigenvalue weighted by atomic mass is 10.0. The van der Waals surface area contributed by atoms with E-state index in [1.54, 1.807) is 0 Å². The van der Waals surface area contributed by atoms with Crippen molar-refractivity contribution in [1.82, 2.24) is 9.97 Å². The topological polar surface area (TPSA) is 45.8 Å². The third kappa shape index (κ3) is 3.36. The van der Waals surface area contributed by atoms with Gasteiger partial charge in [0, 0.05) is 11.5 Å². The Kier molecular flexibility index (Phi) is 4.15. The minimum absolute atomic E-state index is 0.0197. The minimum atomic E-state index is -0.0197. The number of H-pyrrole nitrogens is 1. The summed E-state index contributed by atoms with van der Waals surface area (Å²) in [6, 6.07) is 8.37. The Morgan fingerprint density at radius 3 is 2.52 bits per heavy atom. The van der Waals surface area contributed by atoms with Crippen molar-refractivity contribution >= 4 is 22.6 Å². The second-order valence-electron chi connectivity index (χ2n) is 6.18. The number of halogens is 1. The van der Waals surface area contributed by atoms with Crippen LogP contribution in [0, 0.1) is 9.49 Å². The summed E-state index contributed by atoms with van der Waals surface area (Å²) in [4.78, 5) is 19.7. The molecule has 1 aromatic heterocycles. The largest absolute Gasteiger partial charge is 0.306 e. The fourth-order valence-corrected chi connectivity index (χ4v) is 3.21. The number of nitrogens with zero attached hydrogens (tertiary/aromatic N) is 1. The van der Waals surface area contributed by atoms with Crippen LogP contribution in [0.2, 0.25) is 0 Å². The predicted molar refractivity (Wildman–Crippen MR) is 93.5 cm³/mol. The lowest BCUT2D eigenvalue weighted by molar-refractivity contribution is 0.647. The Bertz CT molecular complexity index is 700. The van der Waals surface area contributed by atoms with Gasteiger partial charge in [0.2, 0.25) is 0 Å². The number of hydrogen-bond acceptors (Lipinski definition) is 2. The Balaban J connectivity index is 1.94. The summed E-state index contributed by atoms with van der Waals surface area (Å²) in [6.45, 7) is 4.43. The first-order valence-electron chi connectivity index (χ1n) is 7.43. The minimum Gasteiger partial charge on any atom is -0.306 e. The Labute approximate surface area is 138 Å². The molecule has 0 atom stereocenters. The van der Waals surface area contributed by atoms with E-state index in [0.717, 1.165) is 34.1 Å². The van der Waals surface area contributed by atoms with Crippen LogP contribution in [0.3, 0.4) is 0 Å². The molecule has 3 nitrogen and oxygen atoms in total. The van der Waals surface area contributed by atoms with Crippen LogP contribution in [0.25, 0.3) is 11.4 Å². The smallest absolute Gasteiger partial charge is 0.264 e. The van der Waals surface area contributed by atoms with Crippen molar-refractivity contribution in [2.24, 2.45) is 5.92 Å². The highest BCUT2D eigenvalue weighted by molar-refractivity contribution is 14.1. The fraction of sp³-hybridized carbons (Fsp3) is 0.412. The van der Waals surface area contributed by atoms with Gasteiger partial charge >= 0.3 is 0 Å². The number of nitrogens with one attached hydrogen (secondary N) is 1. The summed E-state index contributed by atoms with van der Waals surface area (Å²) in [7, 11) is 0. The van der Waals surface area contributed by atoms with Gasteiger partial charge in [0.15, 0.2) is 0 Å². The van der Waals surface area contributed by atoms with E-state index in [9.17, 15) is 4.79 Å². The summed E-state index contributed by atoms with van der Waals surface area (Å²) < 4.78 is 0.746. The van der Waals surface area contributed by atoms with Crippen molar-refractivity contribution in [2.75, 3.05) is 0 Å². The highest BCUT2D eigenvalue weighted by atomic mass is 127. The summed E-state index contributed by atoms with van der Waals surface area (Å²) >= 11 is 2.11. The van der Waals surface area contributed by atoms with Crippen LogP contribution in [0.1, 0.15) is 43.9 Å². The van der Waals surface area contributed by atoms with Crippen molar-refractivity contribution in [3.8, 4) is 11.4 Å². The Morgan fingerprint density at radius 2 is 1.95 bits per heavy atom. The standard InChI is InChI=1S/C17H19IN2O/c1-10(2)9-11-3-5-13(6-4-11)16-19-15(12-7-8-12)14(18)17(21)20-16/h3-6,10,12H,7-9H2,1-2H3,(H,19,20,21). The quantitative estimate of drug-likeness (QED) is 0.794. The van der Waals surface area contributed by atoms with Gasteiger partial charge in [0.25, 0.3) is 5.56 Å². The molecule has 0 unspecified atom stereocenters. The molecule has 2 aromatic rings. The average Bonchev–Trinajstić information content (AvgIpc) is 3.26. The monoisotopic (exact) mass is 394 g/mol. The number of rotatable bonds is 4. The van der Waals surface area contributed by atoms with Crippen LogP contribution in [0.15, 0.2) is 29.1 Å². The number of aromatic nitrogens is 2. The normalized spacial score (nSPS) is 14.7. The maximum Gasteiger partial charge on any atom is 0.264 e. The van der Waals surface area contributed by atoms with Gasteiger partial charge in [0.05, 0.1) is 9.26 Å². The van der Waals surface area contributed by atoms with Gasteiger partial charge in [-0.15, -0.1) is 0 Å². The van der Waals surface area contributed by atoms with E-state index in [2.05, 4.69) is 65.7 Å². The molecule has 1 aromatic carbocycles. The van der Waals surface area contributed by atoms with Gasteiger partial charge in [-0.2, -0.15) is 0 Å². The summed E-state index contributed by atoms with van der Waals surface area (Å²) in [5.74, 6) is 1.82. The van der Waals surface area contributed by atoms with Crippen LogP contribution >= 0.6 is 22.6 Å². The molecule has 1 fully saturated rings. The zero-order chi connectivity index (χ0) is 15.0. The van der Waals surface area contributed by atoms with Gasteiger partial charge in [-0.3, -0.25) is 4.79 Å². The van der Waals surface area contributed by atoms with E-state index < -0.39 is 0 Å². The van der Waals surface area contributed by atoms with Crippen molar-refractivity contribution in [1.29, 1.82) is 0 Å². The molecule has 0 bridgehead atoms. The molecule has 1 aliphatic rings. The molecule has 1 saturated carbocycles. The molecule has 4 heteroatoms. The molecule has 1 aliphatic carbocycles. The summed E-state index contributed by atoms with van der Waals surface area (Å²) in [6.07, 6.45) is 3.38. The molecule has 0 radical (unpaired) electrons. The molecule has 0 spiro atoms. The van der Waals surface area contributed by atoms with Gasteiger partial charge in [-0.05, 0) is 53.3 Å². The SMILES string of the molecule is CC(C)Cc1ccc(-c2nc(C3CC3)c(I)c(=O)[nH]2)cc1. The Morgan fingerprint density at radius 1 is 1.29 bits per heavy atom. The number of aromatic amines is 1. The predicted octanol–water partition coefficient (Wildman–Crippen LogP) is 4.12. The van der Waals surface area contributed by atoms with E-state index in [-0.39, 0.29) is 5.56 Å². The third-order valence-electron chi connectivity index (χ3n) is 3.72. The van der Waals surface area contributed by atoms with Gasteiger partial charge in [-0.1, -0.05) is 38.1 Å². The molecule has 110 valence electrons. The summed E-state index contributed by atoms with van der Waals surface area (Å²) in [5, 5.41) is 0. The van der Waals surface area contributed by atoms with Crippen molar-refractivity contribution in [3.63, 3.8) is 0 Å². The second kappa shape index (κ2) is 5.91. The molecule has 1 heterocycles. The van der Waals surface area contributed by atoms with E-state index in [0.29, 0.717) is 17.7 Å². The van der Waals surface area contributed by atoms with Crippen molar-refractivity contribution in [3.05, 3.63) is 49.4 Å². The van der Waals surface area contributed by atoms with Crippen LogP contribution in [0.4, 0.5) is 0 Å². The lowest BCUT2D eigenvalue weighted by Gasteiger charge is -2.08. The molecule has 0 amide bonds. The second-order valence-corrected chi connectivity index (χ2v) is 7.26. The summed E-state index contributed by atoms with van der Waals surface area (Å²) in [5.41, 5.74) is 3.26. The lowest BCUT2D eigenvalue weighted by Crippen LogP contribution is -2.16. The van der Waals surface area contributed by atoms with Crippen molar-refractivity contribution < 1.29 is 0 Å². The van der Waals surface area contributed by atoms with Crippen LogP contribution in [0.5, 0.6) is 0 Å². The first kappa shape index (κ1) is 14.8. The van der Waals surface area contributed by atoms with Crippen LogP contribution in [-0.4, -0.2) is 9.97 Å². The Hall–Kier alpha value is -1.17. The molecular formula is C17H19IN2O. The molecule has 0 aliphatic heterocycles. The fourth-order valence-electron chi connectivity index (χ4n) is 2.51. The zero-order valence-electron chi connectivity index (χ0n) is 12.3. The van der Waals surface area contributed by atoms with Gasteiger partial charge in [0.1, 0.15) is 5.82 Å². The number of benzene rings is 1. The highest BCUT2D eigenvalue weighted by Crippen LogP contribution is 2.40. The maximum absolute atomic E-state index is 12.1. The van der Waals surface area contributed by atoms with E-state index >= 15 is 0 Å². The van der Waals surface area contributed by atoms with Crippen LogP contribution in [-0.2, 0) is 6.42 Å².